The molecule has 0 radical (unpaired) electrons. The van der Waals surface area contributed by atoms with Gasteiger partial charge in [-0.15, -0.1) is 0 Å². The van der Waals surface area contributed by atoms with Crippen LogP contribution < -0.4 is 5.31 Å². The van der Waals surface area contributed by atoms with Crippen molar-refractivity contribution >= 4 is 17.8 Å². The average molecular weight is 871 g/mol. The number of likely N-dealkylation sites (tertiary alicyclic amines) is 1. The lowest BCUT2D eigenvalue weighted by molar-refractivity contribution is -0.159. The fourth-order valence-corrected chi connectivity index (χ4v) is 7.34. The molecule has 0 spiro atoms. The zero-order valence-electron chi connectivity index (χ0n) is 31.1. The summed E-state index contributed by atoms with van der Waals surface area (Å²) < 4.78 is 30.8. The number of nitrogens with zero attached hydrogens (tertiary/aromatic N) is 1. The highest BCUT2D eigenvalue weighted by Crippen LogP contribution is 2.61. The van der Waals surface area contributed by atoms with Crippen molar-refractivity contribution in [3.05, 3.63) is 34.9 Å². The van der Waals surface area contributed by atoms with E-state index in [1.807, 2.05) is 47.6 Å². The van der Waals surface area contributed by atoms with Gasteiger partial charge >= 0.3 is 14.8 Å². The maximum Gasteiger partial charge on any atom is 0.538 e. The number of hydrogen-bond acceptors (Lipinski definition) is 5. The van der Waals surface area contributed by atoms with Crippen molar-refractivity contribution in [1.82, 2.24) is 10.2 Å². The first-order valence-corrected chi connectivity index (χ1v) is 15.7. The Morgan fingerprint density at radius 3 is 2.36 bits per heavy atom. The minimum atomic E-state index is -1.52. The standard InChI is InChI=1S/C35H56N2O5.140H2/c1-13-34(11,30(40)37-27(29(38)39)17-26-19-32(7,8)33(9,10)28(26)37)36-35(12,31(41)42-20-21(2)3)18-24(6)25-15-14-22(4)23(5)16-25;;;;;;;;;;;;;;;;;;;;;;;;;;;;;;;;;;;;;;;;;;;;;;;;;;;;;;;;;;;;;;;;;;;;;;;;;;;;;;;;;;;;;;;;;;;;;;;;;;;;;;;;;;;;;;;;;;;;;;;;;;;;;;;;;;;;;;;;;;;;/h14-16,21,24,26-28,36H,13,17-20H2,1-12H3,(H,38,39);140*1H/p+1/t24?,26-,27+,28-,34+,35+;;;;;;;;;;;;;;;;;;;;;;;;;;;;;;;;;;;;;;;;;;;;;;;;;;;;;;;;;;;;;;;;;;;;;;;;;;;;;;;;;;;;;;;;;;;;;;;;;;;;;;;;;;;;;;;;;;;;;;;;;;;;;;;;;;;;;;;;;;;;/m1............................................................................................................................................/s1/i/hD3. The number of esters is 1. The second kappa shape index (κ2) is 11.9. The summed E-state index contributed by atoms with van der Waals surface area (Å²) >= 11 is 0. The van der Waals surface area contributed by atoms with Crippen LogP contribution in [0.4, 0.5) is 0 Å². The molecule has 3 rings (SSSR count). The van der Waals surface area contributed by atoms with Gasteiger partial charge in [-0.25, -0.2) is 0 Å². The Balaban J connectivity index is -0.00000000116. The summed E-state index contributed by atoms with van der Waals surface area (Å²) in [6, 6.07) is 4.85. The maximum absolute atomic E-state index is 15.0. The highest BCUT2D eigenvalue weighted by atomic mass is 16.5. The van der Waals surface area contributed by atoms with Crippen molar-refractivity contribution in [2.45, 2.75) is 138 Å². The highest BCUT2D eigenvalue weighted by molar-refractivity contribution is 5.92. The molecule has 1 aromatic carbocycles. The van der Waals surface area contributed by atoms with Gasteiger partial charge in [0.15, 0.2) is 6.04 Å². The molecule has 6 atom stereocenters. The van der Waals surface area contributed by atoms with Crippen LogP contribution in [0, 0.1) is 36.5 Å². The zero-order chi connectivity index (χ0) is 34.4. The lowest BCUT2D eigenvalue weighted by atomic mass is 9.68. The quantitative estimate of drug-likeness (QED) is 0.176. The molecule has 0 bridgehead atoms. The third kappa shape index (κ3) is 6.27. The molecule has 1 aliphatic carbocycles. The van der Waals surface area contributed by atoms with Gasteiger partial charge in [0, 0.05) is 211 Å². The van der Waals surface area contributed by atoms with E-state index < -0.39 is 35.0 Å². The fraction of sp³-hybridized carbons (Fsp3) is 0.743. The fourth-order valence-electron chi connectivity index (χ4n) is 7.34. The summed E-state index contributed by atoms with van der Waals surface area (Å²) in [6.45, 7) is 23.9. The molecule has 1 aliphatic heterocycles. The van der Waals surface area contributed by atoms with Gasteiger partial charge in [-0.1, -0.05) is 73.6 Å². The number of aryl methyl sites for hydroxylation is 2. The topological polar surface area (TPSA) is 98.6 Å². The van der Waals surface area contributed by atoms with Crippen LogP contribution in [0.3, 0.4) is 0 Å². The number of hydrogen-bond donors (Lipinski definition) is 1. The molecule has 3 N–H and O–H groups in total. The molecular weight excluding hydrogens is 528 g/mol. The van der Waals surface area contributed by atoms with Gasteiger partial charge in [0.25, 0.3) is 0 Å². The average Bonchev–Trinajstić information content (AvgIpc) is 3.41. The Morgan fingerprint density at radius 2 is 1.81 bits per heavy atom. The number of ether oxygens (including phenoxy) is 1. The van der Waals surface area contributed by atoms with Crippen LogP contribution in [0.5, 0.6) is 0 Å². The van der Waals surface area contributed by atoms with Crippen molar-refractivity contribution in [2.24, 2.45) is 22.7 Å². The third-order valence-corrected chi connectivity index (χ3v) is 10.8. The largest absolute Gasteiger partial charge is 0.563 e. The molecule has 42 heavy (non-hydrogen) atoms. The summed E-state index contributed by atoms with van der Waals surface area (Å²) in [5.74, 6) is -1.90. The zero-order valence-corrected chi connectivity index (χ0v) is 28.1. The van der Waals surface area contributed by atoms with Gasteiger partial charge in [0.1, 0.15) is 6.95 Å². The van der Waals surface area contributed by atoms with Gasteiger partial charge < -0.3 is 14.7 Å². The molecule has 2 aliphatic rings. The number of carbonyl (C=O) groups excluding carboxylic acids is 3. The van der Waals surface area contributed by atoms with E-state index in [1.54, 1.807) is 18.7 Å². The maximum atomic E-state index is 15.0. The van der Waals surface area contributed by atoms with Crippen LogP contribution >= 0.6 is 0 Å². The predicted molar refractivity (Wildman–Crippen MR) is 464 cm³/mol. The Kier molecular flexibility index (Phi) is 8.43. The minimum absolute atomic E-state index is 0. The molecule has 1 heterocycles. The van der Waals surface area contributed by atoms with Crippen LogP contribution in [0.2, 0.25) is 1.41 Å². The molecule has 1 aromatic rings. The smallest absolute Gasteiger partial charge is 0.538 e. The first-order valence-electron chi connectivity index (χ1n) is 17.0. The Labute approximate surface area is 466 Å². The SMILES string of the molecule is [2H]N([C@@](C)(CC(C)c1ccc(C)c(C)c1)C(=O)OCC(C)C)[C@@](C)(CC)C(=O)N1[C@H](C(=O)[O+]([2H])[2H])C[C@@H]2CC(C)(C)C(C)(C)[C@@H]21.[HH].[HH].[HH].[HH].[HH].[HH].[HH].[HH].[HH].[HH].[HH].[HH].[HH].[HH].[HH].[HH].[HH].[HH].[HH].[HH].[HH].[HH].[HH].[HH].[HH].[HH].[HH].[HH].[HH].[HH].[HH].[HH].[HH].[HH].[HH].[HH].[HH].[HH].[HH].[HH].[HH].[HH].[HH].[HH].[HH].[HH].[HH].[HH].[HH].[HH].[HH].[HH].[HH].[HH].[HH].[HH].[HH].[HH].[HH].[HH].[HH].[HH].[HH].[HH].[HH].[HH].[HH].[HH].[HH].[HH].[HH].[HH].[HH].[HH].[HH].[HH].[HH].[HH].[HH].[HH].[HH].[HH].[HH].[HH].[HH].[HH].[HH].[HH].[HH].[HH].[HH].[HH].[HH].[HH].[HH].[HH].[HH].[HH].[HH].[HH].[HH].[HH].[HH].[HH].[HH].[HH].[HH].[HH].[HH].[HH].[HH].[HH].[HH].[HH].[HH].[HH].[HH].[HH].[HH].[HH].[HH].[HH].[HH].[HH].[HH].[HH].[HH].[HH].[HH].[HH].[HH].[HH].[HH].[HH].[HH].[HH].[HH].[HH].[HH].[HH]. The van der Waals surface area contributed by atoms with Crippen molar-refractivity contribution < 1.29 is 225 Å². The van der Waals surface area contributed by atoms with E-state index in [0.717, 1.165) is 28.0 Å². The molecule has 1 saturated carbocycles. The summed E-state index contributed by atoms with van der Waals surface area (Å²) in [5, 5.41) is 2.10. The van der Waals surface area contributed by atoms with Crippen LogP contribution in [-0.2, 0) is 19.1 Å². The van der Waals surface area contributed by atoms with Gasteiger partial charge in [-0.05, 0) is 98.7 Å². The number of amides is 1. The Bertz CT molecular complexity index is 1410. The monoisotopic (exact) mass is 871 g/mol. The second-order valence-electron chi connectivity index (χ2n) is 15.3. The summed E-state index contributed by atoms with van der Waals surface area (Å²) in [4.78, 5) is 43.8. The second-order valence-corrected chi connectivity index (χ2v) is 15.3. The molecule has 1 unspecified atom stereocenters. The molecule has 0 aromatic heterocycles. The van der Waals surface area contributed by atoms with Crippen LogP contribution in [0.15, 0.2) is 18.2 Å². The number of rotatable bonds is 11. The van der Waals surface area contributed by atoms with Crippen LogP contribution in [0.1, 0.15) is 317 Å². The van der Waals surface area contributed by atoms with E-state index in [-0.39, 0.29) is 254 Å². The van der Waals surface area contributed by atoms with Gasteiger partial charge in [0.05, 0.1) is 12.1 Å². The molecule has 2 fully saturated rings. The van der Waals surface area contributed by atoms with Crippen molar-refractivity contribution in [3.8, 4) is 0 Å². The third-order valence-electron chi connectivity index (χ3n) is 10.8. The lowest BCUT2D eigenvalue weighted by Gasteiger charge is -2.47. The van der Waals surface area contributed by atoms with E-state index in [0.29, 0.717) is 6.42 Å². The molecular formula is C35H337N2O5+. The van der Waals surface area contributed by atoms with E-state index in [2.05, 4.69) is 39.8 Å². The summed E-state index contributed by atoms with van der Waals surface area (Å²) in [6.07, 6.45) is 1.56. The minimum Gasteiger partial charge on any atom is -0.563 e. The van der Waals surface area contributed by atoms with E-state index in [1.165, 1.54) is 5.56 Å². The number of benzene rings is 1. The van der Waals surface area contributed by atoms with Crippen LogP contribution in [-0.4, -0.2) is 60.5 Å². The van der Waals surface area contributed by atoms with Crippen LogP contribution in [0.25, 0.3) is 0 Å². The summed E-state index contributed by atoms with van der Waals surface area (Å²) in [7, 11) is 0. The molecule has 7 heteroatoms. The van der Waals surface area contributed by atoms with Gasteiger partial charge in [-0.2, -0.15) is 0 Å². The first kappa shape index (κ1) is 29.7. The van der Waals surface area contributed by atoms with Gasteiger partial charge in [-0.3, -0.25) is 14.9 Å². The van der Waals surface area contributed by atoms with Crippen molar-refractivity contribution in [2.75, 3.05) is 6.61 Å². The number of nitrogens with one attached hydrogen (secondary N) is 1. The van der Waals surface area contributed by atoms with E-state index in [4.69, 9.17) is 7.60 Å². The van der Waals surface area contributed by atoms with Crippen molar-refractivity contribution in [3.63, 3.8) is 0 Å². The predicted octanol–water partition coefficient (Wildman–Crippen LogP) is 40.2. The highest BCUT2D eigenvalue weighted by Gasteiger charge is 2.65. The first-order chi connectivity index (χ1) is 20.6. The Morgan fingerprint density at radius 1 is 1.17 bits per heavy atom. The van der Waals surface area contributed by atoms with E-state index >= 15 is 4.79 Å². The van der Waals surface area contributed by atoms with Crippen molar-refractivity contribution in [1.29, 1.82) is 2.86 Å². The van der Waals surface area contributed by atoms with Gasteiger partial charge in [0.2, 0.25) is 5.91 Å². The number of fused-ring (bicyclic) bond motifs is 1. The Hall–Kier alpha value is -2.41. The molecule has 7 nitrogen and oxygen atoms in total. The summed E-state index contributed by atoms with van der Waals surface area (Å²) in [5.41, 5.74) is -0.224. The molecule has 1 saturated heterocycles. The number of carbonyl (C=O) groups is 3. The molecule has 516 valence electrons. The lowest BCUT2D eigenvalue weighted by Crippen LogP contribution is -2.68. The van der Waals surface area contributed by atoms with E-state index in [9.17, 15) is 11.0 Å². The normalized spacial score (nSPS) is 27.3. The molecule has 1 amide bonds.